The lowest BCUT2D eigenvalue weighted by molar-refractivity contribution is -0.138. The van der Waals surface area contributed by atoms with E-state index in [1.165, 1.54) is 0 Å². The summed E-state index contributed by atoms with van der Waals surface area (Å²) in [5.74, 6) is 0.119. The van der Waals surface area contributed by atoms with Crippen molar-refractivity contribution in [2.24, 2.45) is 0 Å². The molecule has 0 aliphatic carbocycles. The molecule has 2 amide bonds. The average Bonchev–Trinajstić information content (AvgIpc) is 3.40. The van der Waals surface area contributed by atoms with Crippen LogP contribution < -0.4 is 9.64 Å². The molecule has 5 rings (SSSR count). The molecular weight excluding hydrogens is 486 g/mol. The van der Waals surface area contributed by atoms with E-state index in [1.54, 1.807) is 29.2 Å². The summed E-state index contributed by atoms with van der Waals surface area (Å²) in [5, 5.41) is 0.592. The summed E-state index contributed by atoms with van der Waals surface area (Å²) in [7, 11) is 0. The van der Waals surface area contributed by atoms with Gasteiger partial charge in [0.2, 0.25) is 5.91 Å². The van der Waals surface area contributed by atoms with Gasteiger partial charge in [0.1, 0.15) is 18.3 Å². The molecule has 1 aromatic heterocycles. The van der Waals surface area contributed by atoms with Crippen molar-refractivity contribution in [2.75, 3.05) is 18.1 Å². The maximum atomic E-state index is 14.1. The summed E-state index contributed by atoms with van der Waals surface area (Å²) in [4.78, 5) is 30.7. The lowest BCUT2D eigenvalue weighted by Crippen LogP contribution is -2.49. The first-order chi connectivity index (χ1) is 17.9. The number of amides is 2. The van der Waals surface area contributed by atoms with E-state index < -0.39 is 0 Å². The van der Waals surface area contributed by atoms with E-state index in [4.69, 9.17) is 16.3 Å². The number of rotatable bonds is 7. The molecule has 7 heteroatoms. The quantitative estimate of drug-likeness (QED) is 0.310. The molecule has 2 heterocycles. The molecular formula is C30H28ClN3O3. The van der Waals surface area contributed by atoms with Gasteiger partial charge in [0, 0.05) is 17.3 Å². The smallest absolute Gasteiger partial charge is 0.261 e. The van der Waals surface area contributed by atoms with E-state index >= 15 is 0 Å². The molecule has 1 aliphatic heterocycles. The van der Waals surface area contributed by atoms with Crippen molar-refractivity contribution in [3.05, 3.63) is 113 Å². The van der Waals surface area contributed by atoms with Gasteiger partial charge in [0.05, 0.1) is 17.1 Å². The predicted octanol–water partition coefficient (Wildman–Crippen LogP) is 5.88. The van der Waals surface area contributed by atoms with Crippen LogP contribution in [0.15, 0.2) is 97.2 Å². The van der Waals surface area contributed by atoms with E-state index in [-0.39, 0.29) is 37.0 Å². The standard InChI is InChI=1S/C30H28ClN3O3/c1-21(2)33(29(36)20-37-24-16-14-23(31)15-17-24)19-28(35)34-26-12-7-6-11-25(26)32-18-8-13-27(32)30(34)22-9-4-3-5-10-22/h3-18,21,30H,19-20H2,1-2H3. The van der Waals surface area contributed by atoms with Crippen LogP contribution in [0, 0.1) is 0 Å². The fourth-order valence-electron chi connectivity index (χ4n) is 4.75. The second kappa shape index (κ2) is 10.5. The Morgan fingerprint density at radius 2 is 1.57 bits per heavy atom. The van der Waals surface area contributed by atoms with Crippen LogP contribution >= 0.6 is 11.6 Å². The van der Waals surface area contributed by atoms with Gasteiger partial charge in [-0.15, -0.1) is 0 Å². The monoisotopic (exact) mass is 513 g/mol. The van der Waals surface area contributed by atoms with Crippen molar-refractivity contribution in [3.63, 3.8) is 0 Å². The molecule has 0 radical (unpaired) electrons. The molecule has 0 saturated carbocycles. The maximum absolute atomic E-state index is 14.1. The Morgan fingerprint density at radius 1 is 0.892 bits per heavy atom. The summed E-state index contributed by atoms with van der Waals surface area (Å²) in [6, 6.07) is 28.2. The molecule has 1 unspecified atom stereocenters. The van der Waals surface area contributed by atoms with Crippen molar-refractivity contribution in [3.8, 4) is 11.4 Å². The molecule has 1 atom stereocenters. The highest BCUT2D eigenvalue weighted by atomic mass is 35.5. The van der Waals surface area contributed by atoms with Crippen molar-refractivity contribution in [2.45, 2.75) is 25.9 Å². The van der Waals surface area contributed by atoms with E-state index in [0.29, 0.717) is 10.8 Å². The summed E-state index contributed by atoms with van der Waals surface area (Å²) in [6.07, 6.45) is 2.02. The van der Waals surface area contributed by atoms with E-state index in [1.807, 2.05) is 91.7 Å². The second-order valence-electron chi connectivity index (χ2n) is 9.23. The number of fused-ring (bicyclic) bond motifs is 3. The minimum atomic E-state index is -0.326. The zero-order valence-electron chi connectivity index (χ0n) is 20.8. The van der Waals surface area contributed by atoms with Gasteiger partial charge >= 0.3 is 0 Å². The van der Waals surface area contributed by atoms with Gasteiger partial charge in [0.25, 0.3) is 5.91 Å². The first kappa shape index (κ1) is 24.7. The summed E-state index contributed by atoms with van der Waals surface area (Å²) in [6.45, 7) is 3.56. The van der Waals surface area contributed by atoms with Crippen molar-refractivity contribution in [1.29, 1.82) is 0 Å². The Labute approximate surface area is 221 Å². The van der Waals surface area contributed by atoms with Crippen LogP contribution in [0.25, 0.3) is 5.69 Å². The molecule has 0 bridgehead atoms. The minimum Gasteiger partial charge on any atom is -0.484 e. The SMILES string of the molecule is CC(C)N(CC(=O)N1c2ccccc2-n2cccc2C1c1ccccc1)C(=O)COc1ccc(Cl)cc1. The van der Waals surface area contributed by atoms with Crippen LogP contribution in [0.2, 0.25) is 5.02 Å². The van der Waals surface area contributed by atoms with Gasteiger partial charge in [-0.2, -0.15) is 0 Å². The van der Waals surface area contributed by atoms with E-state index in [9.17, 15) is 9.59 Å². The maximum Gasteiger partial charge on any atom is 0.261 e. The fraction of sp³-hybridized carbons (Fsp3) is 0.200. The number of carbonyl (C=O) groups excluding carboxylic acids is 2. The molecule has 0 saturated heterocycles. The predicted molar refractivity (Wildman–Crippen MR) is 145 cm³/mol. The lowest BCUT2D eigenvalue weighted by atomic mass is 9.97. The first-order valence-electron chi connectivity index (χ1n) is 12.3. The molecule has 188 valence electrons. The number of carbonyl (C=O) groups is 2. The number of hydrogen-bond donors (Lipinski definition) is 0. The van der Waals surface area contributed by atoms with Crippen LogP contribution in [0.3, 0.4) is 0 Å². The highest BCUT2D eigenvalue weighted by molar-refractivity contribution is 6.30. The topological polar surface area (TPSA) is 54.8 Å². The van der Waals surface area contributed by atoms with Crippen molar-refractivity contribution in [1.82, 2.24) is 9.47 Å². The first-order valence-corrected chi connectivity index (χ1v) is 12.6. The number of hydrogen-bond acceptors (Lipinski definition) is 3. The molecule has 1 aliphatic rings. The Kier molecular flexibility index (Phi) is 7.01. The molecule has 4 aromatic rings. The summed E-state index contributed by atoms with van der Waals surface area (Å²) >= 11 is 5.94. The Bertz CT molecular complexity index is 1400. The molecule has 0 N–H and O–H groups in total. The third-order valence-corrected chi connectivity index (χ3v) is 6.78. The van der Waals surface area contributed by atoms with Crippen LogP contribution in [0.1, 0.15) is 31.1 Å². The number of benzene rings is 3. The highest BCUT2D eigenvalue weighted by Gasteiger charge is 2.37. The molecule has 6 nitrogen and oxygen atoms in total. The second-order valence-corrected chi connectivity index (χ2v) is 9.66. The number of ether oxygens (including phenoxy) is 1. The Balaban J connectivity index is 1.44. The van der Waals surface area contributed by atoms with Gasteiger partial charge in [-0.3, -0.25) is 14.5 Å². The Hall–Kier alpha value is -4.03. The van der Waals surface area contributed by atoms with Gasteiger partial charge in [-0.05, 0) is 67.9 Å². The number of aromatic nitrogens is 1. The zero-order valence-corrected chi connectivity index (χ0v) is 21.5. The van der Waals surface area contributed by atoms with Crippen LogP contribution in [-0.4, -0.2) is 40.5 Å². The largest absolute Gasteiger partial charge is 0.484 e. The van der Waals surface area contributed by atoms with Crippen LogP contribution in [0.4, 0.5) is 5.69 Å². The van der Waals surface area contributed by atoms with Crippen LogP contribution in [0.5, 0.6) is 5.75 Å². The molecule has 37 heavy (non-hydrogen) atoms. The van der Waals surface area contributed by atoms with Crippen molar-refractivity contribution >= 4 is 29.1 Å². The summed E-state index contributed by atoms with van der Waals surface area (Å²) in [5.41, 5.74) is 3.72. The van der Waals surface area contributed by atoms with Gasteiger partial charge in [0.15, 0.2) is 6.61 Å². The normalized spacial score (nSPS) is 14.2. The number of para-hydroxylation sites is 2. The summed E-state index contributed by atoms with van der Waals surface area (Å²) < 4.78 is 7.81. The zero-order chi connectivity index (χ0) is 25.9. The third kappa shape index (κ3) is 4.98. The van der Waals surface area contributed by atoms with E-state index in [0.717, 1.165) is 22.6 Å². The number of anilines is 1. The van der Waals surface area contributed by atoms with E-state index in [2.05, 4.69) is 4.57 Å². The molecule has 0 spiro atoms. The highest BCUT2D eigenvalue weighted by Crippen LogP contribution is 2.42. The number of nitrogens with zero attached hydrogens (tertiary/aromatic N) is 3. The Morgan fingerprint density at radius 3 is 2.27 bits per heavy atom. The number of halogens is 1. The molecule has 3 aromatic carbocycles. The van der Waals surface area contributed by atoms with Gasteiger partial charge < -0.3 is 14.2 Å². The van der Waals surface area contributed by atoms with Crippen molar-refractivity contribution < 1.29 is 14.3 Å². The van der Waals surface area contributed by atoms with Gasteiger partial charge in [-0.25, -0.2) is 0 Å². The fourth-order valence-corrected chi connectivity index (χ4v) is 4.88. The van der Waals surface area contributed by atoms with Crippen LogP contribution in [-0.2, 0) is 9.59 Å². The minimum absolute atomic E-state index is 0.0706. The third-order valence-electron chi connectivity index (χ3n) is 6.53. The lowest BCUT2D eigenvalue weighted by Gasteiger charge is -2.40. The molecule has 0 fully saturated rings. The average molecular weight is 514 g/mol. The van der Waals surface area contributed by atoms with Gasteiger partial charge in [-0.1, -0.05) is 54.1 Å².